The number of aliphatic carboxylic acids is 1. The molecule has 5 nitrogen and oxygen atoms in total. The number of hydrogen-bond acceptors (Lipinski definition) is 3. The van der Waals surface area contributed by atoms with Gasteiger partial charge in [0.2, 0.25) is 0 Å². The monoisotopic (exact) mass is 473 g/mol. The second-order valence-corrected chi connectivity index (χ2v) is 7.12. The van der Waals surface area contributed by atoms with Crippen LogP contribution in [0.25, 0.3) is 0 Å². The Balaban J connectivity index is 1.69. The molecule has 2 N–H and O–H groups in total. The van der Waals surface area contributed by atoms with E-state index in [9.17, 15) is 22.8 Å². The quantitative estimate of drug-likeness (QED) is 0.481. The topological polar surface area (TPSA) is 75.6 Å². The molecule has 0 bridgehead atoms. The zero-order valence-electron chi connectivity index (χ0n) is 16.7. The number of halogens is 4. The summed E-state index contributed by atoms with van der Waals surface area (Å²) < 4.78 is 43.1. The van der Waals surface area contributed by atoms with Gasteiger partial charge in [-0.3, -0.25) is 4.79 Å². The summed E-state index contributed by atoms with van der Waals surface area (Å²) in [4.78, 5) is 23.0. The lowest BCUT2D eigenvalue weighted by atomic mass is 10.1. The molecule has 0 aliphatic carbocycles. The molecule has 0 unspecified atom stereocenters. The summed E-state index contributed by atoms with van der Waals surface area (Å²) >= 11 is 5.98. The molecule has 0 saturated heterocycles. The highest BCUT2D eigenvalue weighted by atomic mass is 35.5. The van der Waals surface area contributed by atoms with Gasteiger partial charge in [-0.2, -0.15) is 13.2 Å². The summed E-state index contributed by atoms with van der Waals surface area (Å²) in [6.07, 6.45) is -4.47. The number of carbonyl (C=O) groups is 2. The SMILES string of the molecule is O=C(O)COc1ccc(Cl)cc1C#Cc1ccc(NC(=O)c2ccc(C(F)(F)F)cc2)cc1. The van der Waals surface area contributed by atoms with E-state index in [0.717, 1.165) is 24.3 Å². The molecule has 168 valence electrons. The first-order chi connectivity index (χ1) is 15.6. The first-order valence-corrected chi connectivity index (χ1v) is 9.74. The van der Waals surface area contributed by atoms with Crippen molar-refractivity contribution in [2.24, 2.45) is 0 Å². The predicted molar refractivity (Wildman–Crippen MR) is 116 cm³/mol. The van der Waals surface area contributed by atoms with Crippen LogP contribution >= 0.6 is 11.6 Å². The van der Waals surface area contributed by atoms with Crippen molar-refractivity contribution in [1.29, 1.82) is 0 Å². The van der Waals surface area contributed by atoms with Crippen LogP contribution in [0.1, 0.15) is 27.0 Å². The highest BCUT2D eigenvalue weighted by Crippen LogP contribution is 2.29. The molecular weight excluding hydrogens is 459 g/mol. The second-order valence-electron chi connectivity index (χ2n) is 6.68. The number of ether oxygens (including phenoxy) is 1. The minimum Gasteiger partial charge on any atom is -0.481 e. The fourth-order valence-corrected chi connectivity index (χ4v) is 2.83. The Bertz CT molecular complexity index is 1230. The standard InChI is InChI=1S/C24H15ClF3NO4/c25-19-9-12-21(33-14-22(30)31)17(13-19)4-1-15-2-10-20(11-3-15)29-23(32)16-5-7-18(8-6-16)24(26,27)28/h2-3,5-13H,14H2,(H,29,32)(H,30,31). The zero-order valence-corrected chi connectivity index (χ0v) is 17.5. The Morgan fingerprint density at radius 3 is 2.24 bits per heavy atom. The number of carbonyl (C=O) groups excluding carboxylic acids is 1. The van der Waals surface area contributed by atoms with Crippen LogP contribution in [-0.4, -0.2) is 23.6 Å². The molecule has 9 heteroatoms. The van der Waals surface area contributed by atoms with Gasteiger partial charge in [-0.1, -0.05) is 23.4 Å². The number of carboxylic acids is 1. The molecule has 0 heterocycles. The van der Waals surface area contributed by atoms with Crippen molar-refractivity contribution in [3.63, 3.8) is 0 Å². The van der Waals surface area contributed by atoms with Gasteiger partial charge in [-0.25, -0.2) is 4.79 Å². The largest absolute Gasteiger partial charge is 0.481 e. The third kappa shape index (κ3) is 6.76. The molecule has 33 heavy (non-hydrogen) atoms. The van der Waals surface area contributed by atoms with Crippen molar-refractivity contribution in [2.75, 3.05) is 11.9 Å². The van der Waals surface area contributed by atoms with E-state index < -0.39 is 30.2 Å². The molecular formula is C24H15ClF3NO4. The predicted octanol–water partition coefficient (Wildman–Crippen LogP) is 5.47. The minimum atomic E-state index is -4.47. The fraction of sp³-hybridized carbons (Fsp3) is 0.0833. The number of anilines is 1. The first kappa shape index (κ1) is 23.7. The number of carboxylic acid groups (broad SMARTS) is 1. The van der Waals surface area contributed by atoms with Gasteiger partial charge >= 0.3 is 12.1 Å². The highest BCUT2D eigenvalue weighted by Gasteiger charge is 2.30. The third-order valence-electron chi connectivity index (χ3n) is 4.25. The molecule has 1 amide bonds. The number of benzene rings is 3. The molecule has 0 aromatic heterocycles. The zero-order chi connectivity index (χ0) is 24.0. The van der Waals surface area contributed by atoms with Crippen LogP contribution in [0.5, 0.6) is 5.75 Å². The minimum absolute atomic E-state index is 0.0849. The van der Waals surface area contributed by atoms with Crippen molar-refractivity contribution in [3.8, 4) is 17.6 Å². The molecule has 0 fully saturated rings. The van der Waals surface area contributed by atoms with Crippen molar-refractivity contribution in [3.05, 3.63) is 94.0 Å². The van der Waals surface area contributed by atoms with E-state index in [-0.39, 0.29) is 11.3 Å². The maximum Gasteiger partial charge on any atom is 0.416 e. The number of amides is 1. The van der Waals surface area contributed by atoms with Gasteiger partial charge < -0.3 is 15.2 Å². The van der Waals surface area contributed by atoms with E-state index in [2.05, 4.69) is 17.2 Å². The van der Waals surface area contributed by atoms with Gasteiger partial charge in [0.05, 0.1) is 11.1 Å². The van der Waals surface area contributed by atoms with Gasteiger partial charge in [0.15, 0.2) is 6.61 Å². The summed E-state index contributed by atoms with van der Waals surface area (Å²) in [6.45, 7) is -0.524. The van der Waals surface area contributed by atoms with E-state index in [1.807, 2.05) is 0 Å². The van der Waals surface area contributed by atoms with Crippen molar-refractivity contribution in [1.82, 2.24) is 0 Å². The fourth-order valence-electron chi connectivity index (χ4n) is 2.66. The van der Waals surface area contributed by atoms with Crippen LogP contribution in [0.2, 0.25) is 5.02 Å². The van der Waals surface area contributed by atoms with Gasteiger partial charge in [-0.15, -0.1) is 0 Å². The van der Waals surface area contributed by atoms with Crippen LogP contribution < -0.4 is 10.1 Å². The van der Waals surface area contributed by atoms with Crippen molar-refractivity contribution >= 4 is 29.2 Å². The first-order valence-electron chi connectivity index (χ1n) is 9.36. The van der Waals surface area contributed by atoms with Crippen molar-refractivity contribution in [2.45, 2.75) is 6.18 Å². The summed E-state index contributed by atoms with van der Waals surface area (Å²) in [5, 5.41) is 11.8. The lowest BCUT2D eigenvalue weighted by molar-refractivity contribution is -0.139. The second kappa shape index (κ2) is 10.1. The number of nitrogens with one attached hydrogen (secondary N) is 1. The van der Waals surface area contributed by atoms with Gasteiger partial charge in [-0.05, 0) is 66.7 Å². The third-order valence-corrected chi connectivity index (χ3v) is 4.49. The molecule has 0 aliphatic heterocycles. The molecule has 3 aromatic rings. The van der Waals surface area contributed by atoms with E-state index in [1.165, 1.54) is 6.07 Å². The Labute approximate surface area is 191 Å². The molecule has 3 rings (SSSR count). The maximum atomic E-state index is 12.6. The van der Waals surface area contributed by atoms with Crippen LogP contribution in [0.3, 0.4) is 0 Å². The van der Waals surface area contributed by atoms with Gasteiger partial charge in [0.25, 0.3) is 5.91 Å². The number of rotatable bonds is 5. The van der Waals surface area contributed by atoms with Gasteiger partial charge in [0.1, 0.15) is 5.75 Å². The molecule has 0 spiro atoms. The smallest absolute Gasteiger partial charge is 0.416 e. The summed E-state index contributed by atoms with van der Waals surface area (Å²) in [5.74, 6) is 4.35. The number of alkyl halides is 3. The maximum absolute atomic E-state index is 12.6. The summed E-state index contributed by atoms with van der Waals surface area (Å²) in [5.41, 5.74) is 0.675. The Morgan fingerprint density at radius 1 is 0.970 bits per heavy atom. The van der Waals surface area contributed by atoms with Crippen LogP contribution in [0.15, 0.2) is 66.7 Å². The molecule has 0 atom stereocenters. The number of hydrogen-bond donors (Lipinski definition) is 2. The van der Waals surface area contributed by atoms with E-state index in [1.54, 1.807) is 36.4 Å². The highest BCUT2D eigenvalue weighted by molar-refractivity contribution is 6.30. The molecule has 3 aromatic carbocycles. The van der Waals surface area contributed by atoms with Crippen molar-refractivity contribution < 1.29 is 32.6 Å². The summed E-state index contributed by atoms with van der Waals surface area (Å²) in [7, 11) is 0. The Kier molecular flexibility index (Phi) is 7.26. The average molecular weight is 474 g/mol. The van der Waals surface area contributed by atoms with Crippen LogP contribution in [-0.2, 0) is 11.0 Å². The lowest BCUT2D eigenvalue weighted by Gasteiger charge is -2.08. The van der Waals surface area contributed by atoms with E-state index >= 15 is 0 Å². The average Bonchev–Trinajstić information content (AvgIpc) is 2.77. The Morgan fingerprint density at radius 2 is 1.64 bits per heavy atom. The van der Waals surface area contributed by atoms with Crippen LogP contribution in [0.4, 0.5) is 18.9 Å². The summed E-state index contributed by atoms with van der Waals surface area (Å²) in [6, 6.07) is 15.0. The molecule has 0 radical (unpaired) electrons. The lowest BCUT2D eigenvalue weighted by Crippen LogP contribution is -2.12. The van der Waals surface area contributed by atoms with E-state index in [0.29, 0.717) is 21.8 Å². The van der Waals surface area contributed by atoms with Gasteiger partial charge in [0, 0.05) is 21.8 Å². The molecule has 0 saturated carbocycles. The normalized spacial score (nSPS) is 10.7. The van der Waals surface area contributed by atoms with E-state index in [4.69, 9.17) is 21.4 Å². The molecule has 0 aliphatic rings. The van der Waals surface area contributed by atoms with Crippen LogP contribution in [0, 0.1) is 11.8 Å². The Hall–Kier alpha value is -3.96.